The molecule has 0 bridgehead atoms. The fourth-order valence-corrected chi connectivity index (χ4v) is 4.33. The second kappa shape index (κ2) is 5.06. The van der Waals surface area contributed by atoms with Crippen LogP contribution in [0.3, 0.4) is 0 Å². The predicted molar refractivity (Wildman–Crippen MR) is 72.6 cm³/mol. The molecule has 0 spiro atoms. The first-order valence-corrected chi connectivity index (χ1v) is 8.15. The summed E-state index contributed by atoms with van der Waals surface area (Å²) in [4.78, 5) is 0. The van der Waals surface area contributed by atoms with E-state index in [2.05, 4.69) is 45.8 Å². The van der Waals surface area contributed by atoms with Gasteiger partial charge in [0.25, 0.3) is 0 Å². The van der Waals surface area contributed by atoms with Gasteiger partial charge in [0, 0.05) is 0 Å². The van der Waals surface area contributed by atoms with Crippen LogP contribution >= 0.6 is 10.0 Å². The van der Waals surface area contributed by atoms with Crippen molar-refractivity contribution in [1.29, 1.82) is 0 Å². The Bertz CT molecular complexity index is 206. The molecule has 0 atom stereocenters. The van der Waals surface area contributed by atoms with Crippen molar-refractivity contribution in [2.24, 2.45) is 5.41 Å². The number of rotatable bonds is 6. The molecule has 0 N–H and O–H groups in total. The van der Waals surface area contributed by atoms with Gasteiger partial charge in [0.15, 0.2) is 0 Å². The van der Waals surface area contributed by atoms with Crippen LogP contribution in [0.2, 0.25) is 0 Å². The van der Waals surface area contributed by atoms with E-state index in [4.69, 9.17) is 0 Å². The van der Waals surface area contributed by atoms with Crippen molar-refractivity contribution in [3.63, 3.8) is 0 Å². The highest BCUT2D eigenvalue weighted by molar-refractivity contribution is 8.32. The molecule has 0 aliphatic heterocycles. The van der Waals surface area contributed by atoms with Gasteiger partial charge < -0.3 is 0 Å². The molecule has 0 amide bonds. The van der Waals surface area contributed by atoms with E-state index >= 15 is 0 Å². The largest absolute Gasteiger partial charge is 0.249 e. The van der Waals surface area contributed by atoms with E-state index in [0.717, 1.165) is 6.42 Å². The lowest BCUT2D eigenvalue weighted by atomic mass is 9.88. The van der Waals surface area contributed by atoms with Crippen LogP contribution in [0.25, 0.3) is 0 Å². The topological polar surface area (TPSA) is 0 Å². The lowest BCUT2D eigenvalue weighted by Gasteiger charge is -2.36. The van der Waals surface area contributed by atoms with E-state index in [1.54, 1.807) is 0 Å². The molecular formula is C13H26S. The van der Waals surface area contributed by atoms with Gasteiger partial charge in [0.05, 0.1) is 0 Å². The van der Waals surface area contributed by atoms with Crippen molar-refractivity contribution >= 4 is 10.0 Å². The molecular weight excluding hydrogens is 188 g/mol. The molecule has 0 heterocycles. The first-order valence-electron chi connectivity index (χ1n) is 5.12. The summed E-state index contributed by atoms with van der Waals surface area (Å²) in [7, 11) is -0.392. The number of hydrogen-bond donors (Lipinski definition) is 0. The SMILES string of the molecule is C=CC(=C)CCC(C)(C)CS(C)(C)C. The van der Waals surface area contributed by atoms with Crippen molar-refractivity contribution in [1.82, 2.24) is 0 Å². The van der Waals surface area contributed by atoms with Gasteiger partial charge in [0.1, 0.15) is 0 Å². The summed E-state index contributed by atoms with van der Waals surface area (Å²) in [5.74, 6) is 1.34. The lowest BCUT2D eigenvalue weighted by molar-refractivity contribution is 0.387. The molecule has 0 aromatic carbocycles. The molecule has 0 aliphatic carbocycles. The van der Waals surface area contributed by atoms with Crippen LogP contribution in [-0.4, -0.2) is 24.5 Å². The zero-order chi connectivity index (χ0) is 11.4. The summed E-state index contributed by atoms with van der Waals surface area (Å²) < 4.78 is 0. The highest BCUT2D eigenvalue weighted by Crippen LogP contribution is 2.43. The van der Waals surface area contributed by atoms with Gasteiger partial charge in [-0.3, -0.25) is 0 Å². The van der Waals surface area contributed by atoms with Gasteiger partial charge in [-0.05, 0) is 42.8 Å². The molecule has 0 radical (unpaired) electrons. The van der Waals surface area contributed by atoms with E-state index in [-0.39, 0.29) is 0 Å². The van der Waals surface area contributed by atoms with Gasteiger partial charge in [-0.2, -0.15) is 0 Å². The Balaban J connectivity index is 4.08. The van der Waals surface area contributed by atoms with Crippen LogP contribution in [0.15, 0.2) is 24.8 Å². The van der Waals surface area contributed by atoms with Crippen molar-refractivity contribution < 1.29 is 0 Å². The Hall–Kier alpha value is -0.170. The monoisotopic (exact) mass is 214 g/mol. The zero-order valence-electron chi connectivity index (χ0n) is 10.5. The lowest BCUT2D eigenvalue weighted by Crippen LogP contribution is -2.20. The van der Waals surface area contributed by atoms with Crippen LogP contribution in [0.1, 0.15) is 26.7 Å². The maximum Gasteiger partial charge on any atom is -0.0184 e. The quantitative estimate of drug-likeness (QED) is 0.581. The van der Waals surface area contributed by atoms with Crippen LogP contribution in [0, 0.1) is 5.41 Å². The summed E-state index contributed by atoms with van der Waals surface area (Å²) in [6.07, 6.45) is 11.3. The van der Waals surface area contributed by atoms with Gasteiger partial charge in [-0.25, -0.2) is 10.0 Å². The third-order valence-corrected chi connectivity index (χ3v) is 3.88. The third-order valence-electron chi connectivity index (χ3n) is 2.24. The highest BCUT2D eigenvalue weighted by atomic mass is 32.3. The maximum atomic E-state index is 3.96. The number of allylic oxidation sites excluding steroid dienone is 2. The Morgan fingerprint density at radius 2 is 1.79 bits per heavy atom. The standard InChI is InChI=1S/C13H26S/c1-8-12(2)9-10-13(3,4)11-14(5,6)7/h8H,1-2,9-11H2,3-7H3. The first kappa shape index (κ1) is 13.8. The minimum atomic E-state index is -0.392. The molecule has 0 rings (SSSR count). The van der Waals surface area contributed by atoms with Gasteiger partial charge >= 0.3 is 0 Å². The summed E-state index contributed by atoms with van der Waals surface area (Å²) in [5, 5.41) is 0. The number of hydrogen-bond acceptors (Lipinski definition) is 0. The summed E-state index contributed by atoms with van der Waals surface area (Å²) in [6, 6.07) is 0. The smallest absolute Gasteiger partial charge is 0.0184 e. The van der Waals surface area contributed by atoms with E-state index < -0.39 is 10.0 Å². The van der Waals surface area contributed by atoms with Crippen molar-refractivity contribution in [2.75, 3.05) is 24.5 Å². The molecule has 0 unspecified atom stereocenters. The Kier molecular flexibility index (Phi) is 5.00. The van der Waals surface area contributed by atoms with Crippen LogP contribution < -0.4 is 0 Å². The Morgan fingerprint density at radius 3 is 2.14 bits per heavy atom. The van der Waals surface area contributed by atoms with Crippen LogP contribution in [0.5, 0.6) is 0 Å². The molecule has 0 saturated carbocycles. The first-order chi connectivity index (χ1) is 6.16. The molecule has 84 valence electrons. The van der Waals surface area contributed by atoms with E-state index in [0.29, 0.717) is 5.41 Å². The second-order valence-electron chi connectivity index (χ2n) is 5.76. The highest BCUT2D eigenvalue weighted by Gasteiger charge is 2.22. The third kappa shape index (κ3) is 7.25. The van der Waals surface area contributed by atoms with Crippen molar-refractivity contribution in [3.8, 4) is 0 Å². The van der Waals surface area contributed by atoms with E-state index in [9.17, 15) is 0 Å². The summed E-state index contributed by atoms with van der Waals surface area (Å²) in [5.41, 5.74) is 1.61. The summed E-state index contributed by atoms with van der Waals surface area (Å²) in [6.45, 7) is 12.4. The average Bonchev–Trinajstić information content (AvgIpc) is 1.96. The second-order valence-corrected chi connectivity index (χ2v) is 10.2. The van der Waals surface area contributed by atoms with Gasteiger partial charge in [0.2, 0.25) is 0 Å². The molecule has 14 heavy (non-hydrogen) atoms. The zero-order valence-corrected chi connectivity index (χ0v) is 11.3. The normalized spacial score (nSPS) is 13.8. The minimum Gasteiger partial charge on any atom is -0.249 e. The summed E-state index contributed by atoms with van der Waals surface area (Å²) >= 11 is 0. The molecule has 0 aromatic rings. The van der Waals surface area contributed by atoms with E-state index in [1.807, 2.05) is 6.08 Å². The van der Waals surface area contributed by atoms with Crippen LogP contribution in [0.4, 0.5) is 0 Å². The Morgan fingerprint density at radius 1 is 1.29 bits per heavy atom. The molecule has 0 aromatic heterocycles. The molecule has 0 aliphatic rings. The molecule has 0 nitrogen and oxygen atoms in total. The van der Waals surface area contributed by atoms with Gasteiger partial charge in [-0.15, -0.1) is 0 Å². The van der Waals surface area contributed by atoms with Crippen molar-refractivity contribution in [3.05, 3.63) is 24.8 Å². The minimum absolute atomic E-state index is 0.392. The van der Waals surface area contributed by atoms with Crippen molar-refractivity contribution in [2.45, 2.75) is 26.7 Å². The van der Waals surface area contributed by atoms with Gasteiger partial charge in [-0.1, -0.05) is 38.7 Å². The average molecular weight is 214 g/mol. The fraction of sp³-hybridized carbons (Fsp3) is 0.692. The van der Waals surface area contributed by atoms with E-state index in [1.165, 1.54) is 17.7 Å². The maximum absolute atomic E-state index is 3.96. The Labute approximate surface area is 91.8 Å². The molecule has 0 saturated heterocycles. The molecule has 1 heteroatoms. The molecule has 0 fully saturated rings. The predicted octanol–water partition coefficient (Wildman–Crippen LogP) is 4.23. The fourth-order valence-electron chi connectivity index (χ4n) is 1.85. The van der Waals surface area contributed by atoms with Crippen LogP contribution in [-0.2, 0) is 0 Å².